The second-order valence-electron chi connectivity index (χ2n) is 5.62. The topological polar surface area (TPSA) is 49.6 Å². The molecule has 1 amide bonds. The van der Waals surface area contributed by atoms with Crippen molar-refractivity contribution in [1.29, 1.82) is 0 Å². The highest BCUT2D eigenvalue weighted by atomic mass is 35.5. The molecule has 9 heteroatoms. The van der Waals surface area contributed by atoms with Gasteiger partial charge in [-0.25, -0.2) is 0 Å². The van der Waals surface area contributed by atoms with E-state index in [0.717, 1.165) is 12.5 Å². The summed E-state index contributed by atoms with van der Waals surface area (Å²) in [6.45, 7) is 3.97. The Hall–Kier alpha value is -1.18. The van der Waals surface area contributed by atoms with Crippen LogP contribution in [0.5, 0.6) is 0 Å². The summed E-state index contributed by atoms with van der Waals surface area (Å²) < 4.78 is 38.1. The molecule has 0 spiro atoms. The molecule has 1 saturated heterocycles. The first-order valence-corrected chi connectivity index (χ1v) is 7.16. The van der Waals surface area contributed by atoms with Crippen LogP contribution in [0.4, 0.5) is 18.9 Å². The minimum Gasteiger partial charge on any atom is -0.399 e. The Kier molecular flexibility index (Phi) is 8.35. The number of alkyl halides is 3. The maximum absolute atomic E-state index is 12.7. The molecule has 138 valence electrons. The standard InChI is InChI=1S/C15H20F3N3O.2ClH/c1-10-3-4-12(19)9-13(10)14(22)21-7-5-20(6-8-21)11(2)15(16,17)18;;/h3-4,9,11H,5-8,19H2,1-2H3;2*1H. The van der Waals surface area contributed by atoms with Crippen LogP contribution in [-0.2, 0) is 0 Å². The van der Waals surface area contributed by atoms with Gasteiger partial charge in [0.25, 0.3) is 5.91 Å². The number of halogens is 5. The SMILES string of the molecule is Cc1ccc(N)cc1C(=O)N1CCN(C(C)C(F)(F)F)CC1.Cl.Cl. The van der Waals surface area contributed by atoms with Gasteiger partial charge in [0.1, 0.15) is 6.04 Å². The summed E-state index contributed by atoms with van der Waals surface area (Å²) in [5, 5.41) is 0. The number of benzene rings is 1. The first-order chi connectivity index (χ1) is 10.2. The Labute approximate surface area is 152 Å². The summed E-state index contributed by atoms with van der Waals surface area (Å²) in [5.74, 6) is -0.177. The molecule has 1 aliphatic heterocycles. The number of nitrogens with two attached hydrogens (primary N) is 1. The van der Waals surface area contributed by atoms with E-state index in [4.69, 9.17) is 5.73 Å². The predicted molar refractivity (Wildman–Crippen MR) is 93.1 cm³/mol. The van der Waals surface area contributed by atoms with Gasteiger partial charge in [0, 0.05) is 37.4 Å². The fraction of sp³-hybridized carbons (Fsp3) is 0.533. The van der Waals surface area contributed by atoms with Gasteiger partial charge in [-0.2, -0.15) is 13.2 Å². The number of amides is 1. The number of hydrogen-bond acceptors (Lipinski definition) is 3. The third-order valence-electron chi connectivity index (χ3n) is 4.11. The van der Waals surface area contributed by atoms with Gasteiger partial charge >= 0.3 is 6.18 Å². The summed E-state index contributed by atoms with van der Waals surface area (Å²) in [4.78, 5) is 15.4. The van der Waals surface area contributed by atoms with Gasteiger partial charge < -0.3 is 10.6 Å². The van der Waals surface area contributed by atoms with Crippen LogP contribution < -0.4 is 5.73 Å². The van der Waals surface area contributed by atoms with Crippen LogP contribution >= 0.6 is 24.8 Å². The van der Waals surface area contributed by atoms with Crippen molar-refractivity contribution in [3.05, 3.63) is 29.3 Å². The van der Waals surface area contributed by atoms with Gasteiger partial charge in [-0.05, 0) is 31.5 Å². The molecule has 4 nitrogen and oxygen atoms in total. The highest BCUT2D eigenvalue weighted by Crippen LogP contribution is 2.25. The van der Waals surface area contributed by atoms with Gasteiger partial charge in [-0.1, -0.05) is 6.07 Å². The van der Waals surface area contributed by atoms with E-state index < -0.39 is 12.2 Å². The molecule has 1 fully saturated rings. The predicted octanol–water partition coefficient (Wildman–Crippen LogP) is 3.13. The summed E-state index contributed by atoms with van der Waals surface area (Å²) in [5.41, 5.74) is 7.52. The molecular formula is C15H22Cl2F3N3O. The van der Waals surface area contributed by atoms with E-state index in [1.165, 1.54) is 4.90 Å². The Balaban J connectivity index is 0.00000264. The van der Waals surface area contributed by atoms with Crippen LogP contribution in [0, 0.1) is 6.92 Å². The third kappa shape index (κ3) is 5.16. The number of carbonyl (C=O) groups excluding carboxylic acids is 1. The molecule has 0 aliphatic carbocycles. The normalized spacial score (nSPS) is 16.8. The molecule has 2 rings (SSSR count). The second kappa shape index (κ2) is 8.78. The molecule has 0 bridgehead atoms. The largest absolute Gasteiger partial charge is 0.403 e. The van der Waals surface area contributed by atoms with E-state index in [9.17, 15) is 18.0 Å². The van der Waals surface area contributed by atoms with Crippen molar-refractivity contribution >= 4 is 36.4 Å². The Bertz CT molecular complexity index is 561. The van der Waals surface area contributed by atoms with Crippen molar-refractivity contribution in [3.8, 4) is 0 Å². The van der Waals surface area contributed by atoms with Crippen molar-refractivity contribution in [2.24, 2.45) is 0 Å². The van der Waals surface area contributed by atoms with Crippen LogP contribution in [0.15, 0.2) is 18.2 Å². The maximum atomic E-state index is 12.7. The lowest BCUT2D eigenvalue weighted by atomic mass is 10.1. The van der Waals surface area contributed by atoms with Gasteiger partial charge in [-0.15, -0.1) is 24.8 Å². The first-order valence-electron chi connectivity index (χ1n) is 7.16. The van der Waals surface area contributed by atoms with E-state index in [1.807, 2.05) is 6.92 Å². The fourth-order valence-electron chi connectivity index (χ4n) is 2.56. The molecule has 1 heterocycles. The lowest BCUT2D eigenvalue weighted by molar-refractivity contribution is -0.181. The van der Waals surface area contributed by atoms with Crippen molar-refractivity contribution in [2.75, 3.05) is 31.9 Å². The van der Waals surface area contributed by atoms with Crippen molar-refractivity contribution in [3.63, 3.8) is 0 Å². The molecule has 1 atom stereocenters. The molecule has 2 N–H and O–H groups in total. The van der Waals surface area contributed by atoms with Gasteiger partial charge in [0.15, 0.2) is 0 Å². The number of nitrogen functional groups attached to an aromatic ring is 1. The smallest absolute Gasteiger partial charge is 0.399 e. The molecule has 0 radical (unpaired) electrons. The molecule has 1 aliphatic rings. The second-order valence-corrected chi connectivity index (χ2v) is 5.62. The van der Waals surface area contributed by atoms with Crippen LogP contribution in [0.25, 0.3) is 0 Å². The number of piperazine rings is 1. The minimum absolute atomic E-state index is 0. The van der Waals surface area contributed by atoms with Crippen LogP contribution in [0.1, 0.15) is 22.8 Å². The lowest BCUT2D eigenvalue weighted by Gasteiger charge is -2.38. The van der Waals surface area contributed by atoms with Crippen LogP contribution in [0.3, 0.4) is 0 Å². The number of anilines is 1. The van der Waals surface area contributed by atoms with E-state index in [-0.39, 0.29) is 56.9 Å². The number of carbonyl (C=O) groups is 1. The van der Waals surface area contributed by atoms with Crippen LogP contribution in [0.2, 0.25) is 0 Å². The minimum atomic E-state index is -4.24. The molecule has 1 aromatic rings. The molecule has 0 aromatic heterocycles. The van der Waals surface area contributed by atoms with Gasteiger partial charge in [0.2, 0.25) is 0 Å². The monoisotopic (exact) mass is 387 g/mol. The molecule has 0 saturated carbocycles. The molecular weight excluding hydrogens is 366 g/mol. The highest BCUT2D eigenvalue weighted by Gasteiger charge is 2.41. The maximum Gasteiger partial charge on any atom is 0.403 e. The summed E-state index contributed by atoms with van der Waals surface area (Å²) in [7, 11) is 0. The molecule has 1 unspecified atom stereocenters. The Morgan fingerprint density at radius 2 is 1.71 bits per heavy atom. The summed E-state index contributed by atoms with van der Waals surface area (Å²) in [6.07, 6.45) is -4.24. The summed E-state index contributed by atoms with van der Waals surface area (Å²) in [6, 6.07) is 3.61. The number of aryl methyl sites for hydroxylation is 1. The van der Waals surface area contributed by atoms with Crippen molar-refractivity contribution in [2.45, 2.75) is 26.1 Å². The zero-order valence-corrected chi connectivity index (χ0v) is 15.1. The fourth-order valence-corrected chi connectivity index (χ4v) is 2.56. The van der Waals surface area contributed by atoms with E-state index >= 15 is 0 Å². The summed E-state index contributed by atoms with van der Waals surface area (Å²) >= 11 is 0. The van der Waals surface area contributed by atoms with Gasteiger partial charge in [0.05, 0.1) is 0 Å². The van der Waals surface area contributed by atoms with Crippen LogP contribution in [-0.4, -0.2) is 54.1 Å². The number of nitrogens with zero attached hydrogens (tertiary/aromatic N) is 2. The Morgan fingerprint density at radius 1 is 1.17 bits per heavy atom. The number of hydrogen-bond donors (Lipinski definition) is 1. The average Bonchev–Trinajstić information content (AvgIpc) is 2.47. The highest BCUT2D eigenvalue weighted by molar-refractivity contribution is 5.96. The van der Waals surface area contributed by atoms with E-state index in [1.54, 1.807) is 23.1 Å². The van der Waals surface area contributed by atoms with Gasteiger partial charge in [-0.3, -0.25) is 9.69 Å². The van der Waals surface area contributed by atoms with Crippen molar-refractivity contribution < 1.29 is 18.0 Å². The van der Waals surface area contributed by atoms with E-state index in [0.29, 0.717) is 11.3 Å². The van der Waals surface area contributed by atoms with E-state index in [2.05, 4.69) is 0 Å². The third-order valence-corrected chi connectivity index (χ3v) is 4.11. The Morgan fingerprint density at radius 3 is 2.21 bits per heavy atom. The van der Waals surface area contributed by atoms with Crippen molar-refractivity contribution in [1.82, 2.24) is 9.80 Å². The zero-order chi connectivity index (χ0) is 16.5. The average molecular weight is 388 g/mol. The first kappa shape index (κ1) is 22.8. The molecule has 1 aromatic carbocycles. The number of rotatable bonds is 2. The lowest BCUT2D eigenvalue weighted by Crippen LogP contribution is -2.54. The zero-order valence-electron chi connectivity index (χ0n) is 13.5. The molecule has 24 heavy (non-hydrogen) atoms. The quantitative estimate of drug-likeness (QED) is 0.793.